The van der Waals surface area contributed by atoms with Crippen molar-refractivity contribution in [2.45, 2.75) is 382 Å². The minimum absolute atomic E-state index is 0.0963. The summed E-state index contributed by atoms with van der Waals surface area (Å²) in [6.45, 7) is 13.8. The Morgan fingerprint density at radius 2 is 1.23 bits per heavy atom. The molecule has 44 atom stereocenters. The Morgan fingerprint density at radius 1 is 0.633 bits per heavy atom. The molecule has 49 heteroatoms. The summed E-state index contributed by atoms with van der Waals surface area (Å²) in [5.74, 6) is -14.5. The van der Waals surface area contributed by atoms with E-state index in [9.17, 15) is 157 Å². The Morgan fingerprint density at radius 3 is 1.78 bits per heavy atom. The Kier molecular flexibility index (Phi) is 38.3. The van der Waals surface area contributed by atoms with Gasteiger partial charge in [0.25, 0.3) is 17.6 Å². The minimum Gasteiger partial charge on any atom is -0.505 e. The van der Waals surface area contributed by atoms with Gasteiger partial charge in [0.05, 0.1) is 68.3 Å². The number of aliphatic hydroxyl groups excluding tert-OH is 26. The van der Waals surface area contributed by atoms with Crippen LogP contribution in [0.15, 0.2) is 46.8 Å². The molecule has 4 saturated carbocycles. The quantitative estimate of drug-likeness (QED) is 0.00673. The fourth-order valence-corrected chi connectivity index (χ4v) is 21.9. The number of nitrogens with one attached hydrogen (secondary N) is 1. The summed E-state index contributed by atoms with van der Waals surface area (Å²) < 4.78 is 88.9. The lowest BCUT2D eigenvalue weighted by Crippen LogP contribution is -2.71. The maximum absolute atomic E-state index is 16.7. The van der Waals surface area contributed by atoms with Gasteiger partial charge in [-0.15, -0.1) is 0 Å². The van der Waals surface area contributed by atoms with Crippen LogP contribution in [0.4, 0.5) is 0 Å². The molecule has 5 aliphatic heterocycles. The normalized spacial score (nSPS) is 40.4. The molecule has 27 N–H and O–H groups in total. The smallest absolute Gasteiger partial charge is 0.318 e. The van der Waals surface area contributed by atoms with E-state index < -0.39 is 363 Å². The van der Waals surface area contributed by atoms with Crippen LogP contribution >= 0.6 is 0 Å². The second kappa shape index (κ2) is 46.4. The number of hydrogen-bond acceptors (Lipinski definition) is 47. The van der Waals surface area contributed by atoms with Crippen LogP contribution in [0.25, 0.3) is 0 Å². The summed E-state index contributed by atoms with van der Waals surface area (Å²) in [5.41, 5.74) is -6.62. The standard InChI is InChI=1S/C90H144N2O47/c1-14-46(128-41(7)100)73(135-76(120)63(113)57(107)37(3)98)68(118)78(122)134-71-39(5)126-35-90(75(71)119,138-82-66(116)62(112)70(40(6)127-82)133-77(121)67(117)69(38(4)99)136-80-64(114)60(110)58(108)47(30-93)129-80)139-83(124)89-24-23-84(8,9)28-43(89)42-15-16-50-85(10)21-20-52(86(11,34-96)49(85)19-22-87(50,12)88(42,13)29-51(89)103)131-79(123)74(137-81-65(115)61(111)59(109)48(31-94)130-81)72(132-56(32-95)125-33-45(102)36(2)97)44(101)27-53(104)91-25-26-92-54(105)17-18-55(92)106/h15,17-18,34,36-40,43-52,56-66,68,70-71,73,75-82,93-95,97-99,101-103,107-123H,14,16,19-33,35H2,1-13H3,(H,91,104)/b69-67-,74-72-/t36?,37?,38?,39?,40?,43?,44?,45?,46?,47?,48?,49?,50?,51-,52+,56?,57?,58?,59?,60?,61?,62?,63?,64?,65?,66?,68?,70?,71?,73?,75?,76?,77?,78?,79?,80?,81?,82?,85+,86+,87-,88-,89-,90?/m1/s1. The molecule has 4 saturated heterocycles. The van der Waals surface area contributed by atoms with Crippen LogP contribution in [0.5, 0.6) is 0 Å². The monoisotopic (exact) mass is 2000 g/mol. The van der Waals surface area contributed by atoms with Gasteiger partial charge in [0, 0.05) is 32.2 Å². The molecule has 5 aliphatic carbocycles. The summed E-state index contributed by atoms with van der Waals surface area (Å²) in [6.07, 6.45) is -68.4. The molecule has 796 valence electrons. The van der Waals surface area contributed by atoms with E-state index in [4.69, 9.17) is 71.1 Å². The first kappa shape index (κ1) is 115. The van der Waals surface area contributed by atoms with Crippen molar-refractivity contribution in [2.75, 3.05) is 46.1 Å². The molecule has 49 nitrogen and oxygen atoms in total. The van der Waals surface area contributed by atoms with Crippen molar-refractivity contribution in [1.82, 2.24) is 10.2 Å². The third-order valence-electron chi connectivity index (χ3n) is 30.3. The largest absolute Gasteiger partial charge is 0.505 e. The van der Waals surface area contributed by atoms with Crippen molar-refractivity contribution in [1.29, 1.82) is 0 Å². The maximum atomic E-state index is 16.7. The number of carbonyl (C=O) groups excluding carboxylic acids is 6. The number of imide groups is 1. The number of rotatable bonds is 43. The van der Waals surface area contributed by atoms with E-state index in [2.05, 4.69) is 5.32 Å². The second-order valence-corrected chi connectivity index (χ2v) is 40.0. The van der Waals surface area contributed by atoms with Gasteiger partial charge in [0.2, 0.25) is 37.4 Å². The number of ether oxygens (including phenoxy) is 15. The first-order chi connectivity index (χ1) is 64.9. The molecular formula is C90H144N2O47. The molecule has 0 aromatic carbocycles. The van der Waals surface area contributed by atoms with Crippen molar-refractivity contribution < 1.29 is 233 Å². The van der Waals surface area contributed by atoms with Crippen LogP contribution < -0.4 is 5.32 Å². The van der Waals surface area contributed by atoms with E-state index in [-0.39, 0.29) is 77.3 Å². The van der Waals surface area contributed by atoms with Crippen LogP contribution in [0.2, 0.25) is 0 Å². The van der Waals surface area contributed by atoms with Gasteiger partial charge in [-0.1, -0.05) is 60.1 Å². The van der Waals surface area contributed by atoms with Gasteiger partial charge in [-0.2, -0.15) is 0 Å². The van der Waals surface area contributed by atoms with Crippen LogP contribution in [0.3, 0.4) is 0 Å². The molecule has 37 unspecified atom stereocenters. The lowest BCUT2D eigenvalue weighted by Gasteiger charge is -2.71. The number of esters is 2. The zero-order chi connectivity index (χ0) is 104. The molecule has 8 fully saturated rings. The van der Waals surface area contributed by atoms with Crippen molar-refractivity contribution in [3.05, 3.63) is 46.8 Å². The Balaban J connectivity index is 0.994. The number of carbonyl (C=O) groups is 6. The van der Waals surface area contributed by atoms with Crippen LogP contribution in [0, 0.1) is 50.2 Å². The molecule has 10 rings (SSSR count). The number of fused-ring (bicyclic) bond motifs is 7. The van der Waals surface area contributed by atoms with Gasteiger partial charge in [0.1, 0.15) is 147 Å². The number of amides is 3. The van der Waals surface area contributed by atoms with Crippen LogP contribution in [-0.4, -0.2) is 441 Å². The van der Waals surface area contributed by atoms with Crippen LogP contribution in [0.1, 0.15) is 161 Å². The third kappa shape index (κ3) is 23.5. The first-order valence-electron chi connectivity index (χ1n) is 46.7. The Labute approximate surface area is 800 Å². The number of aliphatic hydroxyl groups is 26. The van der Waals surface area contributed by atoms with E-state index in [0.717, 1.165) is 37.8 Å². The molecule has 3 amide bonds. The van der Waals surface area contributed by atoms with Gasteiger partial charge < -0.3 is 214 Å². The summed E-state index contributed by atoms with van der Waals surface area (Å²) in [6, 6.07) is 0. The van der Waals surface area contributed by atoms with Gasteiger partial charge in [-0.25, -0.2) is 0 Å². The highest BCUT2D eigenvalue weighted by molar-refractivity contribution is 6.12. The number of allylic oxidation sites excluding steroid dienone is 2. The van der Waals surface area contributed by atoms with Gasteiger partial charge in [0.15, 0.2) is 48.0 Å². The van der Waals surface area contributed by atoms with Crippen LogP contribution in [-0.2, 0) is 99.8 Å². The SMILES string of the molecule is CCC(OC(C)=O)C(OC(O)C(O)C(O)C(C)O)C(O)C(O)OC1C(C)OCC(OC(=O)[C@]23CCC(C)(C)CC2C2=CCC4[C@@]5(C)CC[C@H](OC(O)/C(OC6OC(CO)C(O)C(O)C6O)=C(/OC(CO)OCC(O)C(C)O)C(O)CC(=O)NCCN6C(=O)C=CC6=O)[C@@](C)(C=O)C5CC[C@@]4(C)[C@]2(C)C[C@H]3O)(OC2OC(C)C(OC(O)/C(O)=C(/OC3OC(CO)C(O)C(O)C3O)C(C)O)C(O)C2O)C1O. The predicted molar refractivity (Wildman–Crippen MR) is 461 cm³/mol. The minimum atomic E-state index is -3.17. The lowest BCUT2D eigenvalue weighted by molar-refractivity contribution is -0.416. The topological polar surface area (TPSA) is 782 Å². The van der Waals surface area contributed by atoms with Gasteiger partial charge in [-0.05, 0) is 138 Å². The molecule has 0 radical (unpaired) electrons. The maximum Gasteiger partial charge on any atom is 0.318 e. The highest BCUT2D eigenvalue weighted by atomic mass is 16.8. The molecular weight excluding hydrogens is 1860 g/mol. The summed E-state index contributed by atoms with van der Waals surface area (Å²) >= 11 is 0. The van der Waals surface area contributed by atoms with E-state index in [1.807, 2.05) is 40.7 Å². The third-order valence-corrected chi connectivity index (χ3v) is 30.3. The van der Waals surface area contributed by atoms with E-state index in [1.165, 1.54) is 27.7 Å². The average molecular weight is 2010 g/mol. The average Bonchev–Trinajstić information content (AvgIpc) is 0.937. The highest BCUT2D eigenvalue weighted by Crippen LogP contribution is 2.76. The zero-order valence-electron chi connectivity index (χ0n) is 79.6. The number of hydrogen-bond donors (Lipinski definition) is 27. The van der Waals surface area contributed by atoms with Gasteiger partial charge >= 0.3 is 11.9 Å². The first-order valence-corrected chi connectivity index (χ1v) is 46.7. The summed E-state index contributed by atoms with van der Waals surface area (Å²) in [5, 5.41) is 296. The number of aldehydes is 1. The Bertz CT molecular complexity index is 4250. The molecule has 0 bridgehead atoms. The van der Waals surface area contributed by atoms with Gasteiger partial charge in [-0.3, -0.25) is 28.9 Å². The molecule has 139 heavy (non-hydrogen) atoms. The number of nitrogens with zero attached hydrogens (tertiary/aromatic N) is 1. The summed E-state index contributed by atoms with van der Waals surface area (Å²) in [4.78, 5) is 83.1. The van der Waals surface area contributed by atoms with E-state index in [0.29, 0.717) is 11.9 Å². The van der Waals surface area contributed by atoms with Crippen molar-refractivity contribution in [2.24, 2.45) is 50.2 Å². The van der Waals surface area contributed by atoms with E-state index in [1.54, 1.807) is 6.92 Å². The lowest BCUT2D eigenvalue weighted by atomic mass is 9.33. The van der Waals surface area contributed by atoms with Crippen molar-refractivity contribution in [3.63, 3.8) is 0 Å². The summed E-state index contributed by atoms with van der Waals surface area (Å²) in [7, 11) is 0. The molecule has 0 aromatic heterocycles. The highest BCUT2D eigenvalue weighted by Gasteiger charge is 2.74. The molecule has 5 heterocycles. The molecule has 0 spiro atoms. The molecule has 0 aromatic rings. The second-order valence-electron chi connectivity index (χ2n) is 40.0. The molecule has 10 aliphatic rings. The fraction of sp³-hybridized carbons (Fsp3) is 0.844. The predicted octanol–water partition coefficient (Wildman–Crippen LogP) is -8.06. The van der Waals surface area contributed by atoms with E-state index >= 15 is 4.79 Å². The van der Waals surface area contributed by atoms with Crippen molar-refractivity contribution >= 4 is 35.9 Å². The zero-order valence-corrected chi connectivity index (χ0v) is 79.6. The Hall–Kier alpha value is -6.02. The fourth-order valence-electron chi connectivity index (χ4n) is 21.9. The van der Waals surface area contributed by atoms with Crippen molar-refractivity contribution in [3.8, 4) is 0 Å².